The third-order valence-electron chi connectivity index (χ3n) is 6.67. The Balaban J connectivity index is 1.48. The number of imidazole rings is 1. The van der Waals surface area contributed by atoms with E-state index in [0.29, 0.717) is 18.6 Å². The number of hydrogen-bond acceptors (Lipinski definition) is 4. The molecule has 1 fully saturated rings. The summed E-state index contributed by atoms with van der Waals surface area (Å²) in [6.07, 6.45) is 1.08. The van der Waals surface area contributed by atoms with Crippen LogP contribution in [-0.2, 0) is 12.3 Å². The van der Waals surface area contributed by atoms with Crippen LogP contribution < -0.4 is 10.5 Å². The molecule has 3 N–H and O–H groups in total. The maximum absolute atomic E-state index is 13.8. The third kappa shape index (κ3) is 3.25. The largest absolute Gasteiger partial charge is 0.472 e. The summed E-state index contributed by atoms with van der Waals surface area (Å²) in [6, 6.07) is 22.7. The molecule has 1 aliphatic heterocycles. The second-order valence-corrected chi connectivity index (χ2v) is 9.42. The first kappa shape index (κ1) is 20.1. The predicted molar refractivity (Wildman–Crippen MR) is 125 cm³/mol. The van der Waals surface area contributed by atoms with E-state index in [1.54, 1.807) is 6.07 Å². The fourth-order valence-electron chi connectivity index (χ4n) is 5.28. The molecule has 0 spiro atoms. The number of nitrogens with two attached hydrogens (primary N) is 1. The van der Waals surface area contributed by atoms with Crippen LogP contribution >= 0.6 is 0 Å². The molecule has 2 aliphatic rings. The summed E-state index contributed by atoms with van der Waals surface area (Å²) < 4.78 is 21.7. The maximum atomic E-state index is 13.8. The molecule has 33 heavy (non-hydrogen) atoms. The number of aromatic nitrogens is 2. The highest BCUT2D eigenvalue weighted by Gasteiger charge is 2.49. The number of ether oxygens (including phenoxy) is 1. The fraction of sp³-hybridized carbons (Fsp3) is 0.222. The van der Waals surface area contributed by atoms with Crippen LogP contribution in [0.2, 0.25) is 0 Å². The molecule has 5 nitrogen and oxygen atoms in total. The zero-order valence-electron chi connectivity index (χ0n) is 18.3. The van der Waals surface area contributed by atoms with E-state index in [2.05, 4.69) is 0 Å². The molecule has 6 rings (SSSR count). The van der Waals surface area contributed by atoms with E-state index in [4.69, 9.17) is 15.5 Å². The van der Waals surface area contributed by atoms with Crippen molar-refractivity contribution in [3.63, 3.8) is 0 Å². The highest BCUT2D eigenvalue weighted by Crippen LogP contribution is 2.47. The highest BCUT2D eigenvalue weighted by molar-refractivity contribution is 5.83. The lowest BCUT2D eigenvalue weighted by molar-refractivity contribution is -0.0738. The summed E-state index contributed by atoms with van der Waals surface area (Å²) in [6.45, 7) is 2.07. The summed E-state index contributed by atoms with van der Waals surface area (Å²) in [4.78, 5) is 5.01. The second-order valence-electron chi connectivity index (χ2n) is 9.42. The second kappa shape index (κ2) is 7.01. The van der Waals surface area contributed by atoms with Crippen molar-refractivity contribution in [1.29, 1.82) is 0 Å². The number of fused-ring (bicyclic) bond motifs is 3. The molecule has 0 amide bonds. The van der Waals surface area contributed by atoms with Crippen LogP contribution in [0.25, 0.3) is 33.9 Å². The van der Waals surface area contributed by atoms with E-state index >= 15 is 0 Å². The molecule has 2 heterocycles. The van der Waals surface area contributed by atoms with Gasteiger partial charge in [-0.05, 0) is 37.5 Å². The van der Waals surface area contributed by atoms with Crippen molar-refractivity contribution < 1.29 is 14.2 Å². The van der Waals surface area contributed by atoms with Gasteiger partial charge in [-0.15, -0.1) is 0 Å². The zero-order valence-corrected chi connectivity index (χ0v) is 18.3. The van der Waals surface area contributed by atoms with Gasteiger partial charge in [-0.2, -0.15) is 0 Å². The molecule has 1 aliphatic carbocycles. The average molecular weight is 442 g/mol. The van der Waals surface area contributed by atoms with E-state index in [9.17, 15) is 9.50 Å². The molecule has 0 bridgehead atoms. The Morgan fingerprint density at radius 3 is 2.42 bits per heavy atom. The normalized spacial score (nSPS) is 23.3. The Kier molecular flexibility index (Phi) is 4.28. The SMILES string of the molecule is C[C@]1(O)C[C@](N)(c2ccc(-c3nc4n(c3-c3ccccc3)COc3cc(F)ccc3-4)cc2)C1. The molecule has 4 aromatic rings. The molecule has 0 atom stereocenters. The first-order chi connectivity index (χ1) is 15.8. The molecule has 6 heteroatoms. The van der Waals surface area contributed by atoms with Crippen LogP contribution in [0.5, 0.6) is 5.75 Å². The Morgan fingerprint density at radius 2 is 1.73 bits per heavy atom. The molecule has 0 unspecified atom stereocenters. The first-order valence-corrected chi connectivity index (χ1v) is 11.0. The van der Waals surface area contributed by atoms with Crippen molar-refractivity contribution in [2.45, 2.75) is 37.6 Å². The number of benzene rings is 3. The Bertz CT molecular complexity index is 1350. The minimum Gasteiger partial charge on any atom is -0.472 e. The van der Waals surface area contributed by atoms with Gasteiger partial charge in [0.05, 0.1) is 22.6 Å². The predicted octanol–water partition coefficient (Wildman–Crippen LogP) is 5.07. The summed E-state index contributed by atoms with van der Waals surface area (Å²) in [5.41, 5.74) is 10.8. The Morgan fingerprint density at radius 1 is 1.00 bits per heavy atom. The van der Waals surface area contributed by atoms with Crippen LogP contribution in [0, 0.1) is 5.82 Å². The van der Waals surface area contributed by atoms with Crippen molar-refractivity contribution in [2.24, 2.45) is 5.73 Å². The van der Waals surface area contributed by atoms with Crippen molar-refractivity contribution in [1.82, 2.24) is 9.55 Å². The number of hydrogen-bond donors (Lipinski definition) is 2. The summed E-state index contributed by atoms with van der Waals surface area (Å²) >= 11 is 0. The van der Waals surface area contributed by atoms with Gasteiger partial charge in [0.25, 0.3) is 0 Å². The third-order valence-corrected chi connectivity index (χ3v) is 6.67. The lowest BCUT2D eigenvalue weighted by Gasteiger charge is -2.49. The molecule has 0 saturated heterocycles. The minimum absolute atomic E-state index is 0.252. The Hall–Kier alpha value is -3.48. The quantitative estimate of drug-likeness (QED) is 0.465. The fourth-order valence-corrected chi connectivity index (χ4v) is 5.28. The molecule has 0 radical (unpaired) electrons. The van der Waals surface area contributed by atoms with Gasteiger partial charge >= 0.3 is 0 Å². The average Bonchev–Trinajstić information content (AvgIpc) is 3.18. The Labute approximate surface area is 191 Å². The first-order valence-electron chi connectivity index (χ1n) is 11.0. The highest BCUT2D eigenvalue weighted by atomic mass is 19.1. The van der Waals surface area contributed by atoms with Gasteiger partial charge in [-0.3, -0.25) is 4.57 Å². The standard InChI is InChI=1S/C27H24FN3O2/c1-26(32)14-27(29,15-26)19-9-7-17(8-10-19)23-24(18-5-3-2-4-6-18)31-16-33-22-13-20(28)11-12-21(22)25(31)30-23/h2-13,32H,14-16,29H2,1H3/t26-,27+. The molecule has 1 saturated carbocycles. The molecule has 3 aromatic carbocycles. The minimum atomic E-state index is -0.705. The summed E-state index contributed by atoms with van der Waals surface area (Å²) in [5, 5.41) is 10.2. The van der Waals surface area contributed by atoms with Gasteiger partial charge in [0.1, 0.15) is 17.4 Å². The van der Waals surface area contributed by atoms with Gasteiger partial charge < -0.3 is 15.6 Å². The lowest BCUT2D eigenvalue weighted by atomic mass is 9.63. The number of halogens is 1. The number of aliphatic hydroxyl groups is 1. The van der Waals surface area contributed by atoms with E-state index in [0.717, 1.165) is 39.5 Å². The number of nitrogens with zero attached hydrogens (tertiary/aromatic N) is 2. The molecular formula is C27H24FN3O2. The lowest BCUT2D eigenvalue weighted by Crippen LogP contribution is -2.58. The van der Waals surface area contributed by atoms with Gasteiger partial charge in [-0.1, -0.05) is 54.6 Å². The van der Waals surface area contributed by atoms with Crippen LogP contribution in [0.1, 0.15) is 25.3 Å². The molecule has 166 valence electrons. The smallest absolute Gasteiger partial charge is 0.167 e. The summed E-state index contributed by atoms with van der Waals surface area (Å²) in [5.74, 6) is 0.911. The van der Waals surface area contributed by atoms with Gasteiger partial charge in [-0.25, -0.2) is 9.37 Å². The van der Waals surface area contributed by atoms with E-state index < -0.39 is 11.1 Å². The van der Waals surface area contributed by atoms with Crippen LogP contribution in [-0.4, -0.2) is 20.3 Å². The van der Waals surface area contributed by atoms with E-state index in [1.807, 2.05) is 66.1 Å². The van der Waals surface area contributed by atoms with E-state index in [-0.39, 0.29) is 12.5 Å². The zero-order chi connectivity index (χ0) is 22.8. The topological polar surface area (TPSA) is 73.3 Å². The summed E-state index contributed by atoms with van der Waals surface area (Å²) in [7, 11) is 0. The molecule has 1 aromatic heterocycles. The van der Waals surface area contributed by atoms with Crippen molar-refractivity contribution in [2.75, 3.05) is 0 Å². The van der Waals surface area contributed by atoms with Crippen molar-refractivity contribution >= 4 is 0 Å². The van der Waals surface area contributed by atoms with Crippen molar-refractivity contribution in [3.05, 3.63) is 84.2 Å². The van der Waals surface area contributed by atoms with Crippen molar-refractivity contribution in [3.8, 4) is 39.7 Å². The maximum Gasteiger partial charge on any atom is 0.167 e. The van der Waals surface area contributed by atoms with E-state index in [1.165, 1.54) is 12.1 Å². The van der Waals surface area contributed by atoms with Crippen LogP contribution in [0.15, 0.2) is 72.8 Å². The van der Waals surface area contributed by atoms with Gasteiger partial charge in [0.15, 0.2) is 6.73 Å². The van der Waals surface area contributed by atoms with Crippen LogP contribution in [0.3, 0.4) is 0 Å². The van der Waals surface area contributed by atoms with Crippen LogP contribution in [0.4, 0.5) is 4.39 Å². The molecular weight excluding hydrogens is 417 g/mol. The van der Waals surface area contributed by atoms with Gasteiger partial charge in [0.2, 0.25) is 0 Å². The monoisotopic (exact) mass is 441 g/mol. The van der Waals surface area contributed by atoms with Gasteiger partial charge in [0, 0.05) is 22.7 Å². The number of rotatable bonds is 3.